The Hall–Kier alpha value is -2.42. The lowest BCUT2D eigenvalue weighted by Crippen LogP contribution is -2.41. The van der Waals surface area contributed by atoms with Gasteiger partial charge in [-0.2, -0.15) is 4.31 Å². The number of benzene rings is 2. The van der Waals surface area contributed by atoms with Gasteiger partial charge in [0.25, 0.3) is 5.91 Å². The molecule has 26 heavy (non-hydrogen) atoms. The number of morpholine rings is 1. The molecule has 138 valence electrons. The standard InChI is InChI=1S/C18H21N3O4S/c1-20(16-7-3-2-4-8-16)19-18(22)15-6-5-9-17(14-15)26(23,24)21-10-12-25-13-11-21/h2-9,14H,10-13H2,1H3,(H,19,22). The number of anilines is 1. The summed E-state index contributed by atoms with van der Waals surface area (Å²) in [5.74, 6) is -0.379. The van der Waals surface area contributed by atoms with Gasteiger partial charge in [-0.1, -0.05) is 24.3 Å². The lowest BCUT2D eigenvalue weighted by Gasteiger charge is -2.26. The van der Waals surface area contributed by atoms with Gasteiger partial charge in [-0.05, 0) is 30.3 Å². The lowest BCUT2D eigenvalue weighted by atomic mass is 10.2. The van der Waals surface area contributed by atoms with E-state index in [4.69, 9.17) is 4.74 Å². The molecular formula is C18H21N3O4S. The Morgan fingerprint density at radius 2 is 1.77 bits per heavy atom. The van der Waals surface area contributed by atoms with Crippen molar-refractivity contribution in [1.82, 2.24) is 9.73 Å². The Morgan fingerprint density at radius 3 is 2.46 bits per heavy atom. The van der Waals surface area contributed by atoms with Crippen LogP contribution in [0, 0.1) is 0 Å². The van der Waals surface area contributed by atoms with Gasteiger partial charge in [-0.3, -0.25) is 15.2 Å². The van der Waals surface area contributed by atoms with Gasteiger partial charge in [-0.15, -0.1) is 0 Å². The van der Waals surface area contributed by atoms with Gasteiger partial charge in [0.05, 0.1) is 23.8 Å². The number of nitrogens with one attached hydrogen (secondary N) is 1. The summed E-state index contributed by atoms with van der Waals surface area (Å²) in [7, 11) is -1.92. The van der Waals surface area contributed by atoms with Crippen molar-refractivity contribution in [2.24, 2.45) is 0 Å². The zero-order valence-electron chi connectivity index (χ0n) is 14.5. The largest absolute Gasteiger partial charge is 0.379 e. The van der Waals surface area contributed by atoms with E-state index in [2.05, 4.69) is 5.43 Å². The Bertz CT molecular complexity index is 865. The van der Waals surface area contributed by atoms with Crippen LogP contribution in [-0.2, 0) is 14.8 Å². The summed E-state index contributed by atoms with van der Waals surface area (Å²) in [6, 6.07) is 15.4. The molecule has 1 fully saturated rings. The highest BCUT2D eigenvalue weighted by molar-refractivity contribution is 7.89. The number of hydrogen-bond acceptors (Lipinski definition) is 5. The van der Waals surface area contributed by atoms with Gasteiger partial charge in [0.1, 0.15) is 0 Å². The van der Waals surface area contributed by atoms with Crippen LogP contribution in [0.5, 0.6) is 0 Å². The van der Waals surface area contributed by atoms with Crippen LogP contribution in [-0.4, -0.2) is 52.0 Å². The maximum Gasteiger partial charge on any atom is 0.269 e. The summed E-state index contributed by atoms with van der Waals surface area (Å²) < 4.78 is 32.0. The third-order valence-electron chi connectivity index (χ3n) is 4.12. The first-order valence-corrected chi connectivity index (χ1v) is 9.70. The van der Waals surface area contributed by atoms with E-state index in [0.717, 1.165) is 5.69 Å². The van der Waals surface area contributed by atoms with Gasteiger partial charge in [0.2, 0.25) is 10.0 Å². The van der Waals surface area contributed by atoms with Crippen molar-refractivity contribution >= 4 is 21.6 Å². The maximum absolute atomic E-state index is 12.7. The van der Waals surface area contributed by atoms with Gasteiger partial charge in [-0.25, -0.2) is 8.42 Å². The average molecular weight is 375 g/mol. The van der Waals surface area contributed by atoms with Crippen molar-refractivity contribution < 1.29 is 17.9 Å². The fourth-order valence-corrected chi connectivity index (χ4v) is 4.12. The van der Waals surface area contributed by atoms with Crippen LogP contribution in [0.2, 0.25) is 0 Å². The van der Waals surface area contributed by atoms with Crippen LogP contribution >= 0.6 is 0 Å². The fraction of sp³-hybridized carbons (Fsp3) is 0.278. The number of hydrogen-bond donors (Lipinski definition) is 1. The van der Waals surface area contributed by atoms with Crippen LogP contribution in [0.25, 0.3) is 0 Å². The van der Waals surface area contributed by atoms with Crippen LogP contribution in [0.3, 0.4) is 0 Å². The molecule has 0 unspecified atom stereocenters. The maximum atomic E-state index is 12.7. The summed E-state index contributed by atoms with van der Waals surface area (Å²) in [6.45, 7) is 1.38. The minimum atomic E-state index is -3.64. The zero-order chi connectivity index (χ0) is 18.6. The molecule has 0 spiro atoms. The van der Waals surface area contributed by atoms with Crippen molar-refractivity contribution in [3.63, 3.8) is 0 Å². The number of para-hydroxylation sites is 1. The molecule has 0 bridgehead atoms. The number of sulfonamides is 1. The molecule has 2 aromatic carbocycles. The molecule has 0 radical (unpaired) electrons. The number of ether oxygens (including phenoxy) is 1. The lowest BCUT2D eigenvalue weighted by molar-refractivity contribution is 0.0730. The van der Waals surface area contributed by atoms with Gasteiger partial charge in [0, 0.05) is 25.7 Å². The van der Waals surface area contributed by atoms with Crippen LogP contribution in [0.15, 0.2) is 59.5 Å². The van der Waals surface area contributed by atoms with E-state index < -0.39 is 10.0 Å². The molecule has 1 heterocycles. The summed E-state index contributed by atoms with van der Waals surface area (Å²) >= 11 is 0. The molecule has 1 saturated heterocycles. The molecule has 0 saturated carbocycles. The van der Waals surface area contributed by atoms with Crippen molar-refractivity contribution in [3.05, 3.63) is 60.2 Å². The molecule has 2 aromatic rings. The van der Waals surface area contributed by atoms with Crippen LogP contribution in [0.1, 0.15) is 10.4 Å². The Morgan fingerprint density at radius 1 is 1.08 bits per heavy atom. The zero-order valence-corrected chi connectivity index (χ0v) is 15.3. The van der Waals surface area contributed by atoms with Crippen molar-refractivity contribution in [2.45, 2.75) is 4.90 Å². The summed E-state index contributed by atoms with van der Waals surface area (Å²) in [5.41, 5.74) is 3.83. The van der Waals surface area contributed by atoms with E-state index >= 15 is 0 Å². The summed E-state index contributed by atoms with van der Waals surface area (Å²) in [4.78, 5) is 12.6. The Kier molecular flexibility index (Phi) is 5.55. The van der Waals surface area contributed by atoms with Crippen LogP contribution < -0.4 is 10.4 Å². The smallest absolute Gasteiger partial charge is 0.269 e. The van der Waals surface area contributed by atoms with Gasteiger partial charge in [0.15, 0.2) is 0 Å². The van der Waals surface area contributed by atoms with Crippen molar-refractivity contribution in [1.29, 1.82) is 0 Å². The monoisotopic (exact) mass is 375 g/mol. The van der Waals surface area contributed by atoms with E-state index in [1.54, 1.807) is 24.2 Å². The second kappa shape index (κ2) is 7.86. The number of rotatable bonds is 5. The number of carbonyl (C=O) groups excluding carboxylic acids is 1. The Labute approximate surface area is 153 Å². The first-order chi connectivity index (χ1) is 12.5. The van der Waals surface area contributed by atoms with E-state index in [9.17, 15) is 13.2 Å². The molecule has 0 atom stereocenters. The molecule has 1 amide bonds. The number of carbonyl (C=O) groups is 1. The highest BCUT2D eigenvalue weighted by Gasteiger charge is 2.26. The van der Waals surface area contributed by atoms with Gasteiger partial charge >= 0.3 is 0 Å². The minimum absolute atomic E-state index is 0.106. The first kappa shape index (κ1) is 18.4. The molecular weight excluding hydrogens is 354 g/mol. The van der Waals surface area contributed by atoms with E-state index in [0.29, 0.717) is 26.3 Å². The minimum Gasteiger partial charge on any atom is -0.379 e. The highest BCUT2D eigenvalue weighted by atomic mass is 32.2. The molecule has 3 rings (SSSR count). The molecule has 1 aliphatic rings. The summed E-state index contributed by atoms with van der Waals surface area (Å²) in [5, 5.41) is 1.59. The predicted octanol–water partition coefficient (Wildman–Crippen LogP) is 1.49. The van der Waals surface area contributed by atoms with E-state index in [1.807, 2.05) is 30.3 Å². The van der Waals surface area contributed by atoms with E-state index in [1.165, 1.54) is 16.4 Å². The second-order valence-electron chi connectivity index (χ2n) is 5.88. The fourth-order valence-electron chi connectivity index (χ4n) is 2.67. The third kappa shape index (κ3) is 4.04. The molecule has 0 aromatic heterocycles. The molecule has 8 heteroatoms. The van der Waals surface area contributed by atoms with Crippen molar-refractivity contribution in [3.8, 4) is 0 Å². The third-order valence-corrected chi connectivity index (χ3v) is 6.01. The topological polar surface area (TPSA) is 79.0 Å². The normalized spacial score (nSPS) is 15.4. The van der Waals surface area contributed by atoms with Gasteiger partial charge < -0.3 is 4.74 Å². The molecule has 1 aliphatic heterocycles. The SMILES string of the molecule is CN(NC(=O)c1cccc(S(=O)(=O)N2CCOCC2)c1)c1ccccc1. The quantitative estimate of drug-likeness (QED) is 0.801. The molecule has 7 nitrogen and oxygen atoms in total. The number of amides is 1. The van der Waals surface area contributed by atoms with E-state index in [-0.39, 0.29) is 16.4 Å². The molecule has 0 aliphatic carbocycles. The Balaban J connectivity index is 1.77. The number of hydrazine groups is 1. The number of nitrogens with zero attached hydrogens (tertiary/aromatic N) is 2. The highest BCUT2D eigenvalue weighted by Crippen LogP contribution is 2.18. The summed E-state index contributed by atoms with van der Waals surface area (Å²) in [6.07, 6.45) is 0. The first-order valence-electron chi connectivity index (χ1n) is 8.26. The average Bonchev–Trinajstić information content (AvgIpc) is 2.69. The second-order valence-corrected chi connectivity index (χ2v) is 7.82. The van der Waals surface area contributed by atoms with Crippen molar-refractivity contribution in [2.75, 3.05) is 38.4 Å². The predicted molar refractivity (Wildman–Crippen MR) is 98.3 cm³/mol. The van der Waals surface area contributed by atoms with Crippen LogP contribution in [0.4, 0.5) is 5.69 Å². The molecule has 1 N–H and O–H groups in total.